The third kappa shape index (κ3) is 3.65. The highest BCUT2D eigenvalue weighted by molar-refractivity contribution is 6.34. The molecule has 1 atom stereocenters. The van der Waals surface area contributed by atoms with Crippen LogP contribution in [0.25, 0.3) is 0 Å². The first-order valence-corrected chi connectivity index (χ1v) is 11.0. The molecule has 2 aliphatic heterocycles. The first-order chi connectivity index (χ1) is 16.3. The van der Waals surface area contributed by atoms with Gasteiger partial charge >= 0.3 is 5.97 Å². The van der Waals surface area contributed by atoms with Crippen molar-refractivity contribution < 1.29 is 23.9 Å². The summed E-state index contributed by atoms with van der Waals surface area (Å²) in [7, 11) is 0. The van der Waals surface area contributed by atoms with Gasteiger partial charge < -0.3 is 9.64 Å². The summed E-state index contributed by atoms with van der Waals surface area (Å²) in [5.74, 6) is -1.68. The molecule has 0 N–H and O–H groups in total. The van der Waals surface area contributed by atoms with Crippen LogP contribution in [0.4, 0.5) is 11.4 Å². The van der Waals surface area contributed by atoms with E-state index < -0.39 is 11.9 Å². The number of aryl methyl sites for hydroxylation is 2. The van der Waals surface area contributed by atoms with Crippen molar-refractivity contribution in [3.63, 3.8) is 0 Å². The molecule has 0 saturated carbocycles. The van der Waals surface area contributed by atoms with E-state index in [1.54, 1.807) is 41.3 Å². The molecule has 3 aromatic carbocycles. The summed E-state index contributed by atoms with van der Waals surface area (Å²) in [5.41, 5.74) is 4.00. The molecule has 0 aromatic heterocycles. The van der Waals surface area contributed by atoms with E-state index in [9.17, 15) is 19.2 Å². The van der Waals surface area contributed by atoms with Gasteiger partial charge in [-0.1, -0.05) is 29.8 Å². The number of hydrogen-bond acceptors (Lipinski definition) is 5. The molecule has 0 radical (unpaired) electrons. The number of benzene rings is 3. The van der Waals surface area contributed by atoms with Crippen molar-refractivity contribution in [2.45, 2.75) is 20.3 Å². The fourth-order valence-corrected chi connectivity index (χ4v) is 4.49. The van der Waals surface area contributed by atoms with Gasteiger partial charge in [0.25, 0.3) is 11.8 Å². The molecule has 5 rings (SSSR count). The van der Waals surface area contributed by atoms with Gasteiger partial charge in [-0.15, -0.1) is 0 Å². The second-order valence-electron chi connectivity index (χ2n) is 8.60. The molecular weight excluding hydrogens is 432 g/mol. The Morgan fingerprint density at radius 2 is 1.53 bits per heavy atom. The molecule has 0 aliphatic carbocycles. The topological polar surface area (TPSA) is 84.0 Å². The molecular formula is C27H22N2O5. The van der Waals surface area contributed by atoms with Crippen LogP contribution in [-0.2, 0) is 9.59 Å². The van der Waals surface area contributed by atoms with E-state index >= 15 is 0 Å². The second kappa shape index (κ2) is 8.26. The maximum atomic E-state index is 12.8. The average molecular weight is 454 g/mol. The Morgan fingerprint density at radius 3 is 2.15 bits per heavy atom. The third-order valence-corrected chi connectivity index (χ3v) is 6.21. The zero-order valence-electron chi connectivity index (χ0n) is 18.8. The Bertz CT molecular complexity index is 1310. The van der Waals surface area contributed by atoms with Gasteiger partial charge in [-0.05, 0) is 61.9 Å². The van der Waals surface area contributed by atoms with Crippen LogP contribution in [0.2, 0.25) is 0 Å². The molecule has 7 nitrogen and oxygen atoms in total. The van der Waals surface area contributed by atoms with E-state index in [1.165, 1.54) is 12.1 Å². The number of fused-ring (bicyclic) bond motifs is 1. The Morgan fingerprint density at radius 1 is 0.882 bits per heavy atom. The number of nitrogens with zero attached hydrogens (tertiary/aromatic N) is 2. The van der Waals surface area contributed by atoms with Crippen LogP contribution in [0.3, 0.4) is 0 Å². The van der Waals surface area contributed by atoms with E-state index in [-0.39, 0.29) is 36.4 Å². The summed E-state index contributed by atoms with van der Waals surface area (Å²) in [4.78, 5) is 53.4. The fourth-order valence-electron chi connectivity index (χ4n) is 4.49. The number of anilines is 2. The third-order valence-electron chi connectivity index (χ3n) is 6.21. The van der Waals surface area contributed by atoms with Gasteiger partial charge in [-0.2, -0.15) is 0 Å². The lowest BCUT2D eigenvalue weighted by atomic mass is 10.1. The van der Waals surface area contributed by atoms with Crippen LogP contribution < -0.4 is 14.5 Å². The maximum Gasteiger partial charge on any atom is 0.316 e. The van der Waals surface area contributed by atoms with Gasteiger partial charge in [0.15, 0.2) is 0 Å². The van der Waals surface area contributed by atoms with Crippen molar-refractivity contribution in [3.05, 3.63) is 89.0 Å². The lowest BCUT2D eigenvalue weighted by molar-refractivity contribution is -0.139. The number of esters is 1. The summed E-state index contributed by atoms with van der Waals surface area (Å²) >= 11 is 0. The Kier molecular flexibility index (Phi) is 5.24. The van der Waals surface area contributed by atoms with Crippen LogP contribution in [0.5, 0.6) is 5.75 Å². The number of rotatable bonds is 4. The van der Waals surface area contributed by atoms with Gasteiger partial charge in [0, 0.05) is 18.7 Å². The lowest BCUT2D eigenvalue weighted by Crippen LogP contribution is -2.29. The van der Waals surface area contributed by atoms with E-state index in [0.29, 0.717) is 16.8 Å². The molecule has 1 fully saturated rings. The predicted octanol–water partition coefficient (Wildman–Crippen LogP) is 4.06. The maximum absolute atomic E-state index is 12.8. The molecule has 3 aromatic rings. The number of carbonyl (C=O) groups is 4. The minimum atomic E-state index is -0.580. The fraction of sp³-hybridized carbons (Fsp3) is 0.185. The number of amides is 3. The molecule has 0 spiro atoms. The monoisotopic (exact) mass is 454 g/mol. The second-order valence-corrected chi connectivity index (χ2v) is 8.60. The SMILES string of the molecule is Cc1ccc(N2C[C@@H](C(=O)Oc3ccc(N4C(=O)c5ccccc5C4=O)cc3)CC2=O)c(C)c1. The van der Waals surface area contributed by atoms with Crippen LogP contribution in [0.15, 0.2) is 66.7 Å². The number of imide groups is 1. The van der Waals surface area contributed by atoms with E-state index in [0.717, 1.165) is 21.7 Å². The zero-order chi connectivity index (χ0) is 24.0. The van der Waals surface area contributed by atoms with Crippen molar-refractivity contribution in [2.24, 2.45) is 5.92 Å². The van der Waals surface area contributed by atoms with Crippen LogP contribution >= 0.6 is 0 Å². The van der Waals surface area contributed by atoms with Crippen LogP contribution in [0, 0.1) is 19.8 Å². The number of hydrogen-bond donors (Lipinski definition) is 0. The van der Waals surface area contributed by atoms with E-state index in [1.807, 2.05) is 32.0 Å². The van der Waals surface area contributed by atoms with Gasteiger partial charge in [0.2, 0.25) is 5.91 Å². The van der Waals surface area contributed by atoms with Gasteiger partial charge in [0.05, 0.1) is 22.7 Å². The molecule has 34 heavy (non-hydrogen) atoms. The van der Waals surface area contributed by atoms with Crippen molar-refractivity contribution in [1.82, 2.24) is 0 Å². The highest BCUT2D eigenvalue weighted by Gasteiger charge is 2.38. The summed E-state index contributed by atoms with van der Waals surface area (Å²) in [6.07, 6.45) is 0.0826. The lowest BCUT2D eigenvalue weighted by Gasteiger charge is -2.19. The van der Waals surface area contributed by atoms with Crippen molar-refractivity contribution in [1.29, 1.82) is 0 Å². The normalized spacial score (nSPS) is 17.4. The summed E-state index contributed by atoms with van der Waals surface area (Å²) in [6.45, 7) is 4.19. The minimum absolute atomic E-state index is 0.0826. The predicted molar refractivity (Wildman–Crippen MR) is 126 cm³/mol. The first-order valence-electron chi connectivity index (χ1n) is 11.0. The largest absolute Gasteiger partial charge is 0.426 e. The molecule has 2 aliphatic rings. The summed E-state index contributed by atoms with van der Waals surface area (Å²) in [5, 5.41) is 0. The highest BCUT2D eigenvalue weighted by Crippen LogP contribution is 2.31. The smallest absolute Gasteiger partial charge is 0.316 e. The number of ether oxygens (including phenoxy) is 1. The van der Waals surface area contributed by atoms with Crippen LogP contribution in [-0.4, -0.2) is 30.2 Å². The molecule has 170 valence electrons. The molecule has 0 bridgehead atoms. The average Bonchev–Trinajstić information content (AvgIpc) is 3.32. The molecule has 1 saturated heterocycles. The van der Waals surface area contributed by atoms with Gasteiger partial charge in [-0.3, -0.25) is 19.2 Å². The van der Waals surface area contributed by atoms with Crippen molar-refractivity contribution in [2.75, 3.05) is 16.3 Å². The molecule has 7 heteroatoms. The summed E-state index contributed by atoms with van der Waals surface area (Å²) < 4.78 is 5.51. The standard InChI is InChI=1S/C27H22N2O5/c1-16-7-12-23(17(2)13-16)28-15-18(14-24(28)30)27(33)34-20-10-8-19(9-11-20)29-25(31)21-5-3-4-6-22(21)26(29)32/h3-13,18H,14-15H2,1-2H3/t18-/m0/s1. The van der Waals surface area contributed by atoms with Crippen molar-refractivity contribution in [3.8, 4) is 5.75 Å². The van der Waals surface area contributed by atoms with Gasteiger partial charge in [0.1, 0.15) is 5.75 Å². The Labute approximate surface area is 196 Å². The van der Waals surface area contributed by atoms with Crippen LogP contribution in [0.1, 0.15) is 38.3 Å². The Balaban J connectivity index is 1.27. The minimum Gasteiger partial charge on any atom is -0.426 e. The first kappa shape index (κ1) is 21.6. The molecule has 3 amide bonds. The van der Waals surface area contributed by atoms with E-state index in [2.05, 4.69) is 0 Å². The zero-order valence-corrected chi connectivity index (χ0v) is 18.8. The van der Waals surface area contributed by atoms with E-state index in [4.69, 9.17) is 4.74 Å². The highest BCUT2D eigenvalue weighted by atomic mass is 16.5. The number of carbonyl (C=O) groups excluding carboxylic acids is 4. The van der Waals surface area contributed by atoms with Crippen molar-refractivity contribution >= 4 is 35.1 Å². The summed E-state index contributed by atoms with van der Waals surface area (Å²) in [6, 6.07) is 18.7. The van der Waals surface area contributed by atoms with Gasteiger partial charge in [-0.25, -0.2) is 4.90 Å². The molecule has 0 unspecified atom stereocenters. The quantitative estimate of drug-likeness (QED) is 0.337. The Hall–Kier alpha value is -4.26. The molecule has 2 heterocycles.